The van der Waals surface area contributed by atoms with E-state index < -0.39 is 0 Å². The second kappa shape index (κ2) is 4.38. The maximum absolute atomic E-state index is 4.24. The Balaban J connectivity index is 2.43. The Morgan fingerprint density at radius 1 is 1.42 bits per heavy atom. The molecule has 1 heterocycles. The number of thiol groups is 1. The fourth-order valence-corrected chi connectivity index (χ4v) is 1.34. The van der Waals surface area contributed by atoms with E-state index in [1.165, 1.54) is 0 Å². The summed E-state index contributed by atoms with van der Waals surface area (Å²) >= 11 is 4.24. The van der Waals surface area contributed by atoms with E-state index in [1.807, 2.05) is 16.5 Å². The first kappa shape index (κ1) is 9.42. The summed E-state index contributed by atoms with van der Waals surface area (Å²) in [7, 11) is 0. The van der Waals surface area contributed by atoms with Gasteiger partial charge < -0.3 is 4.90 Å². The summed E-state index contributed by atoms with van der Waals surface area (Å²) in [5, 5.41) is 0. The van der Waals surface area contributed by atoms with Crippen molar-refractivity contribution in [1.82, 2.24) is 9.21 Å². The van der Waals surface area contributed by atoms with E-state index in [-0.39, 0.29) is 0 Å². The maximum atomic E-state index is 4.24. The predicted molar refractivity (Wildman–Crippen MR) is 55.7 cm³/mol. The topological polar surface area (TPSA) is 6.48 Å². The molecule has 1 fully saturated rings. The lowest BCUT2D eigenvalue weighted by molar-refractivity contribution is 0.398. The van der Waals surface area contributed by atoms with Crippen molar-refractivity contribution in [1.29, 1.82) is 0 Å². The molecule has 0 saturated carbocycles. The van der Waals surface area contributed by atoms with Crippen LogP contribution in [0.3, 0.4) is 0 Å². The van der Waals surface area contributed by atoms with Gasteiger partial charge in [-0.3, -0.25) is 0 Å². The van der Waals surface area contributed by atoms with Crippen LogP contribution in [-0.4, -0.2) is 29.0 Å². The average molecular weight is 182 g/mol. The summed E-state index contributed by atoms with van der Waals surface area (Å²) < 4.78 is 1.97. The molecule has 3 heteroatoms. The molecule has 1 aliphatic rings. The van der Waals surface area contributed by atoms with Gasteiger partial charge in [0.15, 0.2) is 0 Å². The Morgan fingerprint density at radius 2 is 2.17 bits per heavy atom. The molecule has 2 nitrogen and oxygen atoms in total. The molecule has 0 atom stereocenters. The van der Waals surface area contributed by atoms with E-state index >= 15 is 0 Å². The minimum atomic E-state index is 0.851. The third kappa shape index (κ3) is 2.43. The molecule has 1 saturated heterocycles. The summed E-state index contributed by atoms with van der Waals surface area (Å²) in [6.45, 7) is 10.4. The van der Waals surface area contributed by atoms with Crippen LogP contribution in [0.1, 0.15) is 0 Å². The average Bonchev–Trinajstić information content (AvgIpc) is 2.47. The van der Waals surface area contributed by atoms with E-state index in [1.54, 1.807) is 6.08 Å². The minimum absolute atomic E-state index is 0.851. The summed E-state index contributed by atoms with van der Waals surface area (Å²) in [4.78, 5) is 2.17. The van der Waals surface area contributed by atoms with Gasteiger partial charge in [0, 0.05) is 18.8 Å². The van der Waals surface area contributed by atoms with E-state index in [0.717, 1.165) is 25.5 Å². The molecule has 66 valence electrons. The molecule has 1 rings (SSSR count). The number of rotatable bonds is 3. The number of nitrogens with zero attached hydrogens (tertiary/aromatic N) is 2. The van der Waals surface area contributed by atoms with Crippen molar-refractivity contribution in [3.63, 3.8) is 0 Å². The molecule has 0 bridgehead atoms. The van der Waals surface area contributed by atoms with Gasteiger partial charge in [-0.2, -0.15) is 0 Å². The van der Waals surface area contributed by atoms with Crippen molar-refractivity contribution >= 4 is 12.8 Å². The maximum Gasteiger partial charge on any atom is 0.0801 e. The Bertz CT molecular complexity index is 211. The molecule has 0 unspecified atom stereocenters. The quantitative estimate of drug-likeness (QED) is 0.524. The molecule has 0 radical (unpaired) electrons. The summed E-state index contributed by atoms with van der Waals surface area (Å²) in [5.41, 5.74) is 1.02. The Labute approximate surface area is 79.4 Å². The van der Waals surface area contributed by atoms with Crippen LogP contribution in [0.15, 0.2) is 37.1 Å². The van der Waals surface area contributed by atoms with Gasteiger partial charge in [0.25, 0.3) is 0 Å². The smallest absolute Gasteiger partial charge is 0.0801 e. The third-order valence-electron chi connectivity index (χ3n) is 1.79. The van der Waals surface area contributed by atoms with Gasteiger partial charge in [-0.05, 0) is 6.08 Å². The normalized spacial score (nSPS) is 18.9. The first-order valence-electron chi connectivity index (χ1n) is 3.91. The summed E-state index contributed by atoms with van der Waals surface area (Å²) in [5.74, 6) is 0. The zero-order chi connectivity index (χ0) is 8.97. The molecule has 1 aliphatic heterocycles. The number of hydrogen-bond donors (Lipinski definition) is 1. The second-order valence-corrected chi connectivity index (χ2v) is 3.29. The lowest BCUT2D eigenvalue weighted by Crippen LogP contribution is -2.19. The van der Waals surface area contributed by atoms with Crippen LogP contribution >= 0.6 is 12.8 Å². The van der Waals surface area contributed by atoms with Crippen molar-refractivity contribution in [3.8, 4) is 0 Å². The van der Waals surface area contributed by atoms with Crippen molar-refractivity contribution in [2.45, 2.75) is 0 Å². The molecule has 0 N–H and O–H groups in total. The number of hydrogen-bond acceptors (Lipinski definition) is 3. The first-order chi connectivity index (χ1) is 5.74. The summed E-state index contributed by atoms with van der Waals surface area (Å²) in [6.07, 6.45) is 5.60. The zero-order valence-corrected chi connectivity index (χ0v) is 8.00. The highest BCUT2D eigenvalue weighted by atomic mass is 32.1. The highest BCUT2D eigenvalue weighted by Gasteiger charge is 2.16. The van der Waals surface area contributed by atoms with Crippen molar-refractivity contribution in [2.75, 3.05) is 19.8 Å². The fourth-order valence-electron chi connectivity index (χ4n) is 1.09. The van der Waals surface area contributed by atoms with Gasteiger partial charge in [-0.25, -0.2) is 4.31 Å². The van der Waals surface area contributed by atoms with Gasteiger partial charge in [-0.15, -0.1) is 0 Å². The Morgan fingerprint density at radius 3 is 2.67 bits per heavy atom. The fraction of sp³-hybridized carbons (Fsp3) is 0.333. The van der Waals surface area contributed by atoms with Crippen LogP contribution in [0, 0.1) is 0 Å². The van der Waals surface area contributed by atoms with Gasteiger partial charge in [0.05, 0.1) is 6.67 Å². The Hall–Kier alpha value is -0.670. The van der Waals surface area contributed by atoms with Crippen LogP contribution < -0.4 is 0 Å². The molecular formula is C9H14N2S. The monoisotopic (exact) mass is 182 g/mol. The SMILES string of the molecule is C=C/C=C\C(=C)N1CCN(S)C1. The first-order valence-corrected chi connectivity index (χ1v) is 4.31. The van der Waals surface area contributed by atoms with Crippen LogP contribution in [0.25, 0.3) is 0 Å². The van der Waals surface area contributed by atoms with E-state index in [9.17, 15) is 0 Å². The van der Waals surface area contributed by atoms with Crippen LogP contribution in [0.4, 0.5) is 0 Å². The third-order valence-corrected chi connectivity index (χ3v) is 2.12. The largest absolute Gasteiger partial charge is 0.357 e. The molecular weight excluding hydrogens is 168 g/mol. The molecule has 12 heavy (non-hydrogen) atoms. The highest BCUT2D eigenvalue weighted by molar-refractivity contribution is 7.77. The minimum Gasteiger partial charge on any atom is -0.357 e. The van der Waals surface area contributed by atoms with Crippen LogP contribution in [0.5, 0.6) is 0 Å². The Kier molecular flexibility index (Phi) is 3.44. The van der Waals surface area contributed by atoms with Crippen molar-refractivity contribution < 1.29 is 0 Å². The predicted octanol–water partition coefficient (Wildman–Crippen LogP) is 1.66. The van der Waals surface area contributed by atoms with Gasteiger partial charge in [-0.1, -0.05) is 38.1 Å². The lowest BCUT2D eigenvalue weighted by atomic mass is 10.3. The molecule has 0 aromatic carbocycles. The molecule has 0 aromatic rings. The van der Waals surface area contributed by atoms with Crippen molar-refractivity contribution in [2.24, 2.45) is 0 Å². The van der Waals surface area contributed by atoms with E-state index in [4.69, 9.17) is 0 Å². The van der Waals surface area contributed by atoms with Crippen molar-refractivity contribution in [3.05, 3.63) is 37.1 Å². The van der Waals surface area contributed by atoms with Gasteiger partial charge >= 0.3 is 0 Å². The van der Waals surface area contributed by atoms with Gasteiger partial charge in [0.2, 0.25) is 0 Å². The molecule has 0 amide bonds. The molecule has 0 aliphatic carbocycles. The van der Waals surface area contributed by atoms with E-state index in [0.29, 0.717) is 0 Å². The summed E-state index contributed by atoms with van der Waals surface area (Å²) in [6, 6.07) is 0. The van der Waals surface area contributed by atoms with Gasteiger partial charge in [0.1, 0.15) is 0 Å². The second-order valence-electron chi connectivity index (χ2n) is 2.72. The van der Waals surface area contributed by atoms with Crippen LogP contribution in [0.2, 0.25) is 0 Å². The number of allylic oxidation sites excluding steroid dienone is 3. The zero-order valence-electron chi connectivity index (χ0n) is 7.11. The van der Waals surface area contributed by atoms with Crippen LogP contribution in [-0.2, 0) is 0 Å². The molecule has 0 spiro atoms. The van der Waals surface area contributed by atoms with E-state index in [2.05, 4.69) is 30.9 Å². The highest BCUT2D eigenvalue weighted by Crippen LogP contribution is 2.12. The standard InChI is InChI=1S/C9H14N2S/c1-3-4-5-9(2)10-6-7-11(12)8-10/h3-5,12H,1-2,6-8H2/b5-4-. The molecule has 0 aromatic heterocycles. The lowest BCUT2D eigenvalue weighted by Gasteiger charge is -2.17.